The van der Waals surface area contributed by atoms with Gasteiger partial charge in [-0.3, -0.25) is 0 Å². The van der Waals surface area contributed by atoms with Gasteiger partial charge < -0.3 is 14.8 Å². The second kappa shape index (κ2) is 5.82. The minimum absolute atomic E-state index is 0.101. The SMILES string of the molecule is OB(O)c1ccc(COc2cc(F)cc(F)c2)cc1. The maximum atomic E-state index is 12.9. The molecule has 0 fully saturated rings. The van der Waals surface area contributed by atoms with Gasteiger partial charge in [-0.25, -0.2) is 8.78 Å². The first-order chi connectivity index (χ1) is 9.04. The van der Waals surface area contributed by atoms with Crippen molar-refractivity contribution in [3.63, 3.8) is 0 Å². The van der Waals surface area contributed by atoms with Crippen LogP contribution in [0.3, 0.4) is 0 Å². The average molecular weight is 264 g/mol. The van der Waals surface area contributed by atoms with Crippen molar-refractivity contribution in [2.24, 2.45) is 0 Å². The molecule has 0 aliphatic heterocycles. The van der Waals surface area contributed by atoms with E-state index in [4.69, 9.17) is 14.8 Å². The standard InChI is InChI=1S/C13H11BF2O3/c15-11-5-12(16)7-13(6-11)19-8-9-1-3-10(4-2-9)14(17)18/h1-7,17-18H,8H2. The molecule has 19 heavy (non-hydrogen) atoms. The van der Waals surface area contributed by atoms with Crippen LogP contribution in [-0.2, 0) is 6.61 Å². The zero-order valence-corrected chi connectivity index (χ0v) is 9.88. The van der Waals surface area contributed by atoms with Crippen molar-refractivity contribution >= 4 is 12.6 Å². The molecule has 2 N–H and O–H groups in total. The normalized spacial score (nSPS) is 10.3. The van der Waals surface area contributed by atoms with Crippen molar-refractivity contribution in [3.05, 3.63) is 59.7 Å². The Morgan fingerprint density at radius 2 is 1.53 bits per heavy atom. The minimum atomic E-state index is -1.52. The van der Waals surface area contributed by atoms with Gasteiger partial charge in [-0.2, -0.15) is 0 Å². The summed E-state index contributed by atoms with van der Waals surface area (Å²) in [5, 5.41) is 17.8. The monoisotopic (exact) mass is 264 g/mol. The third kappa shape index (κ3) is 3.77. The molecule has 2 rings (SSSR count). The van der Waals surface area contributed by atoms with Gasteiger partial charge in [0.2, 0.25) is 0 Å². The van der Waals surface area contributed by atoms with E-state index in [0.29, 0.717) is 5.46 Å². The van der Waals surface area contributed by atoms with E-state index in [-0.39, 0.29) is 12.4 Å². The highest BCUT2D eigenvalue weighted by atomic mass is 19.1. The van der Waals surface area contributed by atoms with E-state index in [1.165, 1.54) is 12.1 Å². The van der Waals surface area contributed by atoms with Crippen LogP contribution < -0.4 is 10.2 Å². The summed E-state index contributed by atoms with van der Waals surface area (Å²) >= 11 is 0. The number of ether oxygens (including phenoxy) is 1. The molecule has 0 amide bonds. The molecule has 0 saturated heterocycles. The fraction of sp³-hybridized carbons (Fsp3) is 0.0769. The summed E-state index contributed by atoms with van der Waals surface area (Å²) in [7, 11) is -1.52. The first kappa shape index (κ1) is 13.5. The Labute approximate surface area is 109 Å². The summed E-state index contributed by atoms with van der Waals surface area (Å²) in [5.74, 6) is -1.30. The van der Waals surface area contributed by atoms with E-state index in [1.807, 2.05) is 0 Å². The van der Waals surface area contributed by atoms with E-state index in [2.05, 4.69) is 0 Å². The molecule has 0 radical (unpaired) electrons. The van der Waals surface area contributed by atoms with E-state index in [9.17, 15) is 8.78 Å². The predicted molar refractivity (Wildman–Crippen MR) is 67.0 cm³/mol. The van der Waals surface area contributed by atoms with Crippen molar-refractivity contribution in [2.75, 3.05) is 0 Å². The first-order valence-electron chi connectivity index (χ1n) is 5.58. The van der Waals surface area contributed by atoms with Gasteiger partial charge in [-0.15, -0.1) is 0 Å². The summed E-state index contributed by atoms with van der Waals surface area (Å²) in [6.45, 7) is 0.130. The van der Waals surface area contributed by atoms with Gasteiger partial charge in [-0.05, 0) is 11.0 Å². The Balaban J connectivity index is 2.02. The van der Waals surface area contributed by atoms with Crippen LogP contribution in [0.2, 0.25) is 0 Å². The lowest BCUT2D eigenvalue weighted by Crippen LogP contribution is -2.29. The zero-order chi connectivity index (χ0) is 13.8. The molecule has 98 valence electrons. The summed E-state index contributed by atoms with van der Waals surface area (Å²) in [6, 6.07) is 9.31. The van der Waals surface area contributed by atoms with E-state index in [1.54, 1.807) is 12.1 Å². The molecular formula is C13H11BF2O3. The fourth-order valence-corrected chi connectivity index (χ4v) is 1.56. The molecule has 0 unspecified atom stereocenters. The quantitative estimate of drug-likeness (QED) is 0.816. The lowest BCUT2D eigenvalue weighted by atomic mass is 9.80. The molecule has 0 spiro atoms. The molecule has 3 nitrogen and oxygen atoms in total. The topological polar surface area (TPSA) is 49.7 Å². The molecule has 2 aromatic rings. The highest BCUT2D eigenvalue weighted by Gasteiger charge is 2.09. The average Bonchev–Trinajstić information content (AvgIpc) is 2.36. The number of hydrogen-bond acceptors (Lipinski definition) is 3. The maximum absolute atomic E-state index is 12.9. The minimum Gasteiger partial charge on any atom is -0.489 e. The molecule has 0 atom stereocenters. The molecular weight excluding hydrogens is 253 g/mol. The predicted octanol–water partition coefficient (Wildman–Crippen LogP) is 1.22. The lowest BCUT2D eigenvalue weighted by Gasteiger charge is -2.07. The van der Waals surface area contributed by atoms with Gasteiger partial charge in [0.1, 0.15) is 24.0 Å². The van der Waals surface area contributed by atoms with Gasteiger partial charge in [-0.1, -0.05) is 24.3 Å². The second-order valence-corrected chi connectivity index (χ2v) is 4.01. The van der Waals surface area contributed by atoms with Crippen LogP contribution in [0.4, 0.5) is 8.78 Å². The Bertz CT molecular complexity index is 538. The summed E-state index contributed by atoms with van der Waals surface area (Å²) in [5.41, 5.74) is 1.11. The van der Waals surface area contributed by atoms with Crippen LogP contribution >= 0.6 is 0 Å². The highest BCUT2D eigenvalue weighted by Crippen LogP contribution is 2.16. The summed E-state index contributed by atoms with van der Waals surface area (Å²) in [6.07, 6.45) is 0. The number of benzene rings is 2. The molecule has 2 aromatic carbocycles. The summed E-state index contributed by atoms with van der Waals surface area (Å²) in [4.78, 5) is 0. The highest BCUT2D eigenvalue weighted by molar-refractivity contribution is 6.58. The number of rotatable bonds is 4. The smallest absolute Gasteiger partial charge is 0.488 e. The largest absolute Gasteiger partial charge is 0.489 e. The van der Waals surface area contributed by atoms with Crippen molar-refractivity contribution in [2.45, 2.75) is 6.61 Å². The van der Waals surface area contributed by atoms with E-state index >= 15 is 0 Å². The van der Waals surface area contributed by atoms with Crippen molar-refractivity contribution in [1.29, 1.82) is 0 Å². The van der Waals surface area contributed by atoms with Gasteiger partial charge in [0.25, 0.3) is 0 Å². The van der Waals surface area contributed by atoms with Gasteiger partial charge in [0.15, 0.2) is 0 Å². The Morgan fingerprint density at radius 3 is 2.05 bits per heavy atom. The third-order valence-electron chi connectivity index (χ3n) is 2.52. The van der Waals surface area contributed by atoms with Gasteiger partial charge in [0, 0.05) is 18.2 Å². The molecule has 0 heterocycles. The van der Waals surface area contributed by atoms with Gasteiger partial charge in [0.05, 0.1) is 0 Å². The Morgan fingerprint density at radius 1 is 0.947 bits per heavy atom. The van der Waals surface area contributed by atoms with Gasteiger partial charge >= 0.3 is 7.12 Å². The van der Waals surface area contributed by atoms with Crippen molar-refractivity contribution < 1.29 is 23.6 Å². The molecule has 0 saturated carbocycles. The lowest BCUT2D eigenvalue weighted by molar-refractivity contribution is 0.302. The second-order valence-electron chi connectivity index (χ2n) is 4.01. The molecule has 0 bridgehead atoms. The van der Waals surface area contributed by atoms with E-state index < -0.39 is 18.8 Å². The summed E-state index contributed by atoms with van der Waals surface area (Å²) < 4.78 is 31.1. The third-order valence-corrected chi connectivity index (χ3v) is 2.52. The molecule has 0 aromatic heterocycles. The van der Waals surface area contributed by atoms with Crippen LogP contribution in [0.25, 0.3) is 0 Å². The molecule has 0 aliphatic carbocycles. The van der Waals surface area contributed by atoms with Crippen LogP contribution in [0, 0.1) is 11.6 Å². The van der Waals surface area contributed by atoms with Crippen LogP contribution in [0.15, 0.2) is 42.5 Å². The van der Waals surface area contributed by atoms with Crippen LogP contribution in [0.1, 0.15) is 5.56 Å². The maximum Gasteiger partial charge on any atom is 0.488 e. The Hall–Kier alpha value is -1.92. The van der Waals surface area contributed by atoms with Crippen LogP contribution in [0.5, 0.6) is 5.75 Å². The first-order valence-corrected chi connectivity index (χ1v) is 5.58. The van der Waals surface area contributed by atoms with Crippen molar-refractivity contribution in [3.8, 4) is 5.75 Å². The van der Waals surface area contributed by atoms with Crippen molar-refractivity contribution in [1.82, 2.24) is 0 Å². The molecule has 6 heteroatoms. The molecule has 0 aliphatic rings. The number of hydrogen-bond donors (Lipinski definition) is 2. The fourth-order valence-electron chi connectivity index (χ4n) is 1.56. The van der Waals surface area contributed by atoms with Crippen LogP contribution in [-0.4, -0.2) is 17.2 Å². The zero-order valence-electron chi connectivity index (χ0n) is 9.88. The van der Waals surface area contributed by atoms with E-state index in [0.717, 1.165) is 23.8 Å². The number of halogens is 2. The Kier molecular flexibility index (Phi) is 4.14.